The predicted molar refractivity (Wildman–Crippen MR) is 91.6 cm³/mol. The number of β-amino-alcohol motifs (C(OH)–C–C–N with tert-alkyl or cyclic N) is 1. The van der Waals surface area contributed by atoms with Crippen LogP contribution in [0.15, 0.2) is 36.5 Å². The number of carbonyl (C=O) groups is 1. The van der Waals surface area contributed by atoms with Crippen LogP contribution in [0, 0.1) is 6.92 Å². The van der Waals surface area contributed by atoms with Crippen LogP contribution in [-0.4, -0.2) is 63.3 Å². The SMILES string of the molecule is Cc1[nH]ncc1C(=O)N(C)C[C@]1(O)CCN(Cc2ccccc2)C1. The van der Waals surface area contributed by atoms with Crippen molar-refractivity contribution >= 4 is 5.91 Å². The van der Waals surface area contributed by atoms with Crippen molar-refractivity contribution in [1.82, 2.24) is 20.0 Å². The van der Waals surface area contributed by atoms with Gasteiger partial charge in [0.25, 0.3) is 5.91 Å². The maximum atomic E-state index is 12.5. The van der Waals surface area contributed by atoms with Crippen LogP contribution < -0.4 is 0 Å². The monoisotopic (exact) mass is 328 g/mol. The summed E-state index contributed by atoms with van der Waals surface area (Å²) in [5, 5.41) is 17.5. The summed E-state index contributed by atoms with van der Waals surface area (Å²) in [4.78, 5) is 16.3. The second-order valence-corrected chi connectivity index (χ2v) is 6.74. The number of hydrogen-bond donors (Lipinski definition) is 2. The molecule has 0 spiro atoms. The van der Waals surface area contributed by atoms with E-state index in [1.807, 2.05) is 25.1 Å². The number of aromatic amines is 1. The first-order valence-corrected chi connectivity index (χ1v) is 8.21. The molecule has 1 saturated heterocycles. The zero-order valence-corrected chi connectivity index (χ0v) is 14.2. The van der Waals surface area contributed by atoms with Gasteiger partial charge in [-0.25, -0.2) is 0 Å². The molecule has 2 N–H and O–H groups in total. The fraction of sp³-hybridized carbons (Fsp3) is 0.444. The zero-order chi connectivity index (χ0) is 17.2. The van der Waals surface area contributed by atoms with Crippen LogP contribution in [0.1, 0.15) is 28.0 Å². The molecule has 0 unspecified atom stereocenters. The Labute approximate surface area is 142 Å². The van der Waals surface area contributed by atoms with Crippen molar-refractivity contribution in [3.05, 3.63) is 53.3 Å². The summed E-state index contributed by atoms with van der Waals surface area (Å²) in [6, 6.07) is 10.2. The lowest BCUT2D eigenvalue weighted by molar-refractivity contribution is 0.0170. The van der Waals surface area contributed by atoms with E-state index in [-0.39, 0.29) is 5.91 Å². The van der Waals surface area contributed by atoms with Crippen LogP contribution in [0.25, 0.3) is 0 Å². The average Bonchev–Trinajstić information content (AvgIpc) is 3.13. The minimum atomic E-state index is -0.864. The van der Waals surface area contributed by atoms with Crippen molar-refractivity contribution in [2.24, 2.45) is 0 Å². The molecule has 1 aliphatic rings. The lowest BCUT2D eigenvalue weighted by atomic mass is 10.0. The van der Waals surface area contributed by atoms with E-state index in [4.69, 9.17) is 0 Å². The quantitative estimate of drug-likeness (QED) is 0.871. The minimum absolute atomic E-state index is 0.115. The zero-order valence-electron chi connectivity index (χ0n) is 14.2. The molecule has 2 heterocycles. The first-order valence-electron chi connectivity index (χ1n) is 8.21. The van der Waals surface area contributed by atoms with Gasteiger partial charge in [-0.05, 0) is 18.9 Å². The second-order valence-electron chi connectivity index (χ2n) is 6.74. The number of likely N-dealkylation sites (N-methyl/N-ethyl adjacent to an activating group) is 1. The van der Waals surface area contributed by atoms with Gasteiger partial charge >= 0.3 is 0 Å². The summed E-state index contributed by atoms with van der Waals surface area (Å²) in [5.41, 5.74) is 1.67. The maximum absolute atomic E-state index is 12.5. The Hall–Kier alpha value is -2.18. The van der Waals surface area contributed by atoms with Crippen molar-refractivity contribution in [3.8, 4) is 0 Å². The summed E-state index contributed by atoms with van der Waals surface area (Å²) in [7, 11) is 1.73. The molecule has 2 aromatic rings. The van der Waals surface area contributed by atoms with E-state index in [1.54, 1.807) is 11.9 Å². The Morgan fingerprint density at radius 2 is 2.17 bits per heavy atom. The summed E-state index contributed by atoms with van der Waals surface area (Å²) in [6.45, 7) is 4.37. The molecule has 0 bridgehead atoms. The van der Waals surface area contributed by atoms with Gasteiger partial charge in [-0.2, -0.15) is 5.10 Å². The molecule has 3 rings (SSSR count). The Bertz CT molecular complexity index is 700. The van der Waals surface area contributed by atoms with Crippen LogP contribution in [0.2, 0.25) is 0 Å². The Morgan fingerprint density at radius 3 is 2.83 bits per heavy atom. The van der Waals surface area contributed by atoms with Crippen molar-refractivity contribution in [1.29, 1.82) is 0 Å². The van der Waals surface area contributed by atoms with Crippen molar-refractivity contribution in [3.63, 3.8) is 0 Å². The number of aromatic nitrogens is 2. The smallest absolute Gasteiger partial charge is 0.257 e. The first-order chi connectivity index (χ1) is 11.5. The largest absolute Gasteiger partial charge is 0.387 e. The van der Waals surface area contributed by atoms with Gasteiger partial charge in [-0.3, -0.25) is 14.8 Å². The van der Waals surface area contributed by atoms with Gasteiger partial charge in [0.1, 0.15) is 0 Å². The molecule has 0 aliphatic carbocycles. The molecule has 24 heavy (non-hydrogen) atoms. The van der Waals surface area contributed by atoms with Gasteiger partial charge in [-0.1, -0.05) is 30.3 Å². The van der Waals surface area contributed by atoms with Crippen LogP contribution in [0.3, 0.4) is 0 Å². The number of likely N-dealkylation sites (tertiary alicyclic amines) is 1. The van der Waals surface area contributed by atoms with E-state index in [0.717, 1.165) is 18.8 Å². The van der Waals surface area contributed by atoms with Gasteiger partial charge in [0, 0.05) is 32.4 Å². The number of benzene rings is 1. The van der Waals surface area contributed by atoms with Gasteiger partial charge in [0.15, 0.2) is 0 Å². The lowest BCUT2D eigenvalue weighted by Gasteiger charge is -2.29. The summed E-state index contributed by atoms with van der Waals surface area (Å²) < 4.78 is 0. The number of nitrogens with zero attached hydrogens (tertiary/aromatic N) is 3. The van der Waals surface area contributed by atoms with E-state index < -0.39 is 5.60 Å². The van der Waals surface area contributed by atoms with Crippen LogP contribution in [0.5, 0.6) is 0 Å². The third-order valence-corrected chi connectivity index (χ3v) is 4.60. The minimum Gasteiger partial charge on any atom is -0.387 e. The highest BCUT2D eigenvalue weighted by Gasteiger charge is 2.38. The maximum Gasteiger partial charge on any atom is 0.257 e. The summed E-state index contributed by atoms with van der Waals surface area (Å²) in [5.74, 6) is -0.115. The predicted octanol–water partition coefficient (Wildman–Crippen LogP) is 1.43. The van der Waals surface area contributed by atoms with E-state index >= 15 is 0 Å². The highest BCUT2D eigenvalue weighted by Crippen LogP contribution is 2.24. The molecule has 1 aromatic heterocycles. The molecule has 1 aliphatic heterocycles. The number of hydrogen-bond acceptors (Lipinski definition) is 4. The van der Waals surface area contributed by atoms with Crippen LogP contribution >= 0.6 is 0 Å². The molecule has 6 nitrogen and oxygen atoms in total. The molecule has 128 valence electrons. The third-order valence-electron chi connectivity index (χ3n) is 4.60. The molecule has 0 saturated carbocycles. The Balaban J connectivity index is 1.59. The second kappa shape index (κ2) is 6.75. The Kier molecular flexibility index (Phi) is 4.69. The highest BCUT2D eigenvalue weighted by molar-refractivity contribution is 5.94. The molecule has 0 radical (unpaired) electrons. The van der Waals surface area contributed by atoms with Gasteiger partial charge < -0.3 is 10.0 Å². The van der Waals surface area contributed by atoms with E-state index in [9.17, 15) is 9.90 Å². The lowest BCUT2D eigenvalue weighted by Crippen LogP contribution is -2.45. The normalized spacial score (nSPS) is 21.1. The number of nitrogens with one attached hydrogen (secondary N) is 1. The fourth-order valence-corrected chi connectivity index (χ4v) is 3.33. The van der Waals surface area contributed by atoms with Gasteiger partial charge in [0.05, 0.1) is 23.9 Å². The summed E-state index contributed by atoms with van der Waals surface area (Å²) >= 11 is 0. The van der Waals surface area contributed by atoms with Gasteiger partial charge in [0.2, 0.25) is 0 Å². The van der Waals surface area contributed by atoms with Crippen molar-refractivity contribution < 1.29 is 9.90 Å². The molecule has 1 fully saturated rings. The molecule has 6 heteroatoms. The topological polar surface area (TPSA) is 72.5 Å². The van der Waals surface area contributed by atoms with Crippen LogP contribution in [-0.2, 0) is 6.54 Å². The van der Waals surface area contributed by atoms with E-state index in [0.29, 0.717) is 25.1 Å². The van der Waals surface area contributed by atoms with Gasteiger partial charge in [-0.15, -0.1) is 0 Å². The first kappa shape index (κ1) is 16.7. The standard InChI is InChI=1S/C18H24N4O2/c1-14-16(10-19-20-14)17(23)21(2)12-18(24)8-9-22(13-18)11-15-6-4-3-5-7-15/h3-7,10,24H,8-9,11-13H2,1-2H3,(H,19,20)/t18-/m1/s1. The fourth-order valence-electron chi connectivity index (χ4n) is 3.33. The molecule has 1 amide bonds. The summed E-state index contributed by atoms with van der Waals surface area (Å²) in [6.07, 6.45) is 2.20. The average molecular weight is 328 g/mol. The van der Waals surface area contributed by atoms with Crippen molar-refractivity contribution in [2.75, 3.05) is 26.7 Å². The molecular formula is C18H24N4O2. The number of aliphatic hydroxyl groups is 1. The molecule has 1 atom stereocenters. The Morgan fingerprint density at radius 1 is 1.42 bits per heavy atom. The number of carbonyl (C=O) groups excluding carboxylic acids is 1. The molecule has 1 aromatic carbocycles. The van der Waals surface area contributed by atoms with Crippen LogP contribution in [0.4, 0.5) is 0 Å². The van der Waals surface area contributed by atoms with Crippen molar-refractivity contribution in [2.45, 2.75) is 25.5 Å². The van der Waals surface area contributed by atoms with E-state index in [2.05, 4.69) is 27.2 Å². The number of amides is 1. The molecular weight excluding hydrogens is 304 g/mol. The van der Waals surface area contributed by atoms with E-state index in [1.165, 1.54) is 11.8 Å². The third kappa shape index (κ3) is 3.66. The highest BCUT2D eigenvalue weighted by atomic mass is 16.3. The number of aryl methyl sites for hydroxylation is 1. The number of rotatable bonds is 5. The number of H-pyrrole nitrogens is 1.